The van der Waals surface area contributed by atoms with E-state index in [0.717, 1.165) is 16.5 Å². The standard InChI is InChI=1S/C16H13ClN2O/c1-9-4-2-7-13-14(9)11(8-19-13)16(20)10-5-3-6-12(18)15(10)17/h2-8,19H,18H2,1H3. The molecule has 0 amide bonds. The third-order valence-corrected chi connectivity index (χ3v) is 3.85. The lowest BCUT2D eigenvalue weighted by atomic mass is 9.99. The molecule has 1 aromatic heterocycles. The van der Waals surface area contributed by atoms with Crippen LogP contribution in [-0.2, 0) is 0 Å². The first-order valence-electron chi connectivity index (χ1n) is 6.25. The monoisotopic (exact) mass is 284 g/mol. The maximum absolute atomic E-state index is 12.7. The molecule has 0 saturated heterocycles. The molecule has 3 N–H and O–H groups in total. The van der Waals surface area contributed by atoms with E-state index in [0.29, 0.717) is 21.8 Å². The second-order valence-corrected chi connectivity index (χ2v) is 5.12. The minimum Gasteiger partial charge on any atom is -0.398 e. The average molecular weight is 285 g/mol. The fourth-order valence-electron chi connectivity index (χ4n) is 2.42. The van der Waals surface area contributed by atoms with Crippen molar-refractivity contribution in [3.63, 3.8) is 0 Å². The molecule has 0 fully saturated rings. The average Bonchev–Trinajstić information content (AvgIpc) is 2.86. The van der Waals surface area contributed by atoms with Crippen LogP contribution in [0.1, 0.15) is 21.5 Å². The molecule has 0 spiro atoms. The molecule has 20 heavy (non-hydrogen) atoms. The molecule has 0 unspecified atom stereocenters. The number of carbonyl (C=O) groups excluding carboxylic acids is 1. The Labute approximate surface area is 121 Å². The van der Waals surface area contributed by atoms with Gasteiger partial charge in [-0.05, 0) is 30.7 Å². The van der Waals surface area contributed by atoms with Crippen molar-refractivity contribution in [1.29, 1.82) is 0 Å². The predicted molar refractivity (Wildman–Crippen MR) is 82.3 cm³/mol. The van der Waals surface area contributed by atoms with E-state index in [1.807, 2.05) is 25.1 Å². The minimum atomic E-state index is -0.122. The summed E-state index contributed by atoms with van der Waals surface area (Å²) in [6.07, 6.45) is 1.72. The quantitative estimate of drug-likeness (QED) is 0.553. The Balaban J connectivity index is 2.21. The van der Waals surface area contributed by atoms with Crippen LogP contribution in [0.5, 0.6) is 0 Å². The highest BCUT2D eigenvalue weighted by molar-refractivity contribution is 6.37. The highest BCUT2D eigenvalue weighted by Crippen LogP contribution is 2.29. The molecule has 3 aromatic rings. The van der Waals surface area contributed by atoms with E-state index < -0.39 is 0 Å². The van der Waals surface area contributed by atoms with Gasteiger partial charge in [-0.15, -0.1) is 0 Å². The van der Waals surface area contributed by atoms with Crippen molar-refractivity contribution in [3.8, 4) is 0 Å². The number of nitrogen functional groups attached to an aromatic ring is 1. The van der Waals surface area contributed by atoms with Crippen LogP contribution >= 0.6 is 11.6 Å². The largest absolute Gasteiger partial charge is 0.398 e. The molecule has 0 atom stereocenters. The summed E-state index contributed by atoms with van der Waals surface area (Å²) >= 11 is 6.14. The lowest BCUT2D eigenvalue weighted by molar-refractivity contribution is 0.104. The summed E-state index contributed by atoms with van der Waals surface area (Å²) in [5.74, 6) is -0.122. The fraction of sp³-hybridized carbons (Fsp3) is 0.0625. The summed E-state index contributed by atoms with van der Waals surface area (Å²) < 4.78 is 0. The number of hydrogen-bond acceptors (Lipinski definition) is 2. The Morgan fingerprint density at radius 1 is 1.15 bits per heavy atom. The maximum atomic E-state index is 12.7. The van der Waals surface area contributed by atoms with Crippen molar-refractivity contribution in [1.82, 2.24) is 4.98 Å². The molecule has 0 saturated carbocycles. The van der Waals surface area contributed by atoms with Gasteiger partial charge in [0, 0.05) is 28.2 Å². The Morgan fingerprint density at radius 3 is 2.70 bits per heavy atom. The molecule has 0 radical (unpaired) electrons. The number of aromatic nitrogens is 1. The van der Waals surface area contributed by atoms with E-state index in [1.165, 1.54) is 0 Å². The second-order valence-electron chi connectivity index (χ2n) is 4.74. The summed E-state index contributed by atoms with van der Waals surface area (Å²) in [6, 6.07) is 11.0. The van der Waals surface area contributed by atoms with Crippen LogP contribution in [0.3, 0.4) is 0 Å². The molecule has 4 heteroatoms. The molecular weight excluding hydrogens is 272 g/mol. The van der Waals surface area contributed by atoms with E-state index in [4.69, 9.17) is 17.3 Å². The smallest absolute Gasteiger partial charge is 0.196 e. The number of nitrogens with one attached hydrogen (secondary N) is 1. The van der Waals surface area contributed by atoms with Crippen molar-refractivity contribution in [3.05, 3.63) is 64.3 Å². The number of ketones is 1. The van der Waals surface area contributed by atoms with Crippen molar-refractivity contribution >= 4 is 34.0 Å². The highest BCUT2D eigenvalue weighted by atomic mass is 35.5. The van der Waals surface area contributed by atoms with Crippen molar-refractivity contribution in [2.45, 2.75) is 6.92 Å². The number of fused-ring (bicyclic) bond motifs is 1. The zero-order valence-electron chi connectivity index (χ0n) is 10.9. The molecular formula is C16H13ClN2O. The lowest BCUT2D eigenvalue weighted by Gasteiger charge is -2.06. The first-order valence-corrected chi connectivity index (χ1v) is 6.63. The van der Waals surface area contributed by atoms with Crippen LogP contribution in [0.15, 0.2) is 42.6 Å². The normalized spacial score (nSPS) is 10.9. The van der Waals surface area contributed by atoms with Gasteiger partial charge in [-0.1, -0.05) is 29.8 Å². The predicted octanol–water partition coefficient (Wildman–Crippen LogP) is 3.94. The van der Waals surface area contributed by atoms with E-state index in [1.54, 1.807) is 24.4 Å². The SMILES string of the molecule is Cc1cccc2[nH]cc(C(=O)c3cccc(N)c3Cl)c12. The number of halogens is 1. The second kappa shape index (κ2) is 4.69. The van der Waals surface area contributed by atoms with E-state index in [-0.39, 0.29) is 5.78 Å². The van der Waals surface area contributed by atoms with Gasteiger partial charge >= 0.3 is 0 Å². The zero-order valence-corrected chi connectivity index (χ0v) is 11.7. The van der Waals surface area contributed by atoms with Crippen LogP contribution in [-0.4, -0.2) is 10.8 Å². The van der Waals surface area contributed by atoms with Crippen molar-refractivity contribution in [2.75, 3.05) is 5.73 Å². The molecule has 0 bridgehead atoms. The number of anilines is 1. The van der Waals surface area contributed by atoms with Crippen molar-refractivity contribution in [2.24, 2.45) is 0 Å². The Morgan fingerprint density at radius 2 is 1.90 bits per heavy atom. The van der Waals surface area contributed by atoms with Crippen LogP contribution in [0.25, 0.3) is 10.9 Å². The van der Waals surface area contributed by atoms with E-state index >= 15 is 0 Å². The molecule has 100 valence electrons. The third kappa shape index (κ3) is 1.87. The molecule has 3 nitrogen and oxygen atoms in total. The number of aryl methyl sites for hydroxylation is 1. The molecule has 1 heterocycles. The van der Waals surface area contributed by atoms with Gasteiger partial charge in [0.1, 0.15) is 0 Å². The van der Waals surface area contributed by atoms with Crippen LogP contribution in [0, 0.1) is 6.92 Å². The summed E-state index contributed by atoms with van der Waals surface area (Å²) in [7, 11) is 0. The molecule has 0 aliphatic carbocycles. The number of rotatable bonds is 2. The summed E-state index contributed by atoms with van der Waals surface area (Å²) in [5, 5.41) is 1.23. The van der Waals surface area contributed by atoms with E-state index in [9.17, 15) is 4.79 Å². The first-order chi connectivity index (χ1) is 9.59. The van der Waals surface area contributed by atoms with Crippen LogP contribution < -0.4 is 5.73 Å². The number of hydrogen-bond donors (Lipinski definition) is 2. The van der Waals surface area contributed by atoms with Gasteiger partial charge in [0.05, 0.1) is 10.7 Å². The van der Waals surface area contributed by atoms with E-state index in [2.05, 4.69) is 4.98 Å². The topological polar surface area (TPSA) is 58.9 Å². The Bertz CT molecular complexity index is 820. The zero-order chi connectivity index (χ0) is 14.3. The molecule has 0 aliphatic rings. The van der Waals surface area contributed by atoms with Gasteiger partial charge in [0.2, 0.25) is 0 Å². The van der Waals surface area contributed by atoms with Gasteiger partial charge < -0.3 is 10.7 Å². The van der Waals surface area contributed by atoms with Gasteiger partial charge in [-0.3, -0.25) is 4.79 Å². The summed E-state index contributed by atoms with van der Waals surface area (Å²) in [6.45, 7) is 1.98. The highest BCUT2D eigenvalue weighted by Gasteiger charge is 2.18. The van der Waals surface area contributed by atoms with Gasteiger partial charge in [0.25, 0.3) is 0 Å². The van der Waals surface area contributed by atoms with Gasteiger partial charge in [-0.25, -0.2) is 0 Å². The molecule has 3 rings (SSSR count). The summed E-state index contributed by atoms with van der Waals surface area (Å²) in [5.41, 5.74) is 9.20. The number of benzene rings is 2. The number of carbonyl (C=O) groups is 1. The Hall–Kier alpha value is -2.26. The minimum absolute atomic E-state index is 0.122. The van der Waals surface area contributed by atoms with Gasteiger partial charge in [0.15, 0.2) is 5.78 Å². The van der Waals surface area contributed by atoms with Crippen LogP contribution in [0.2, 0.25) is 5.02 Å². The van der Waals surface area contributed by atoms with Crippen LogP contribution in [0.4, 0.5) is 5.69 Å². The fourth-order valence-corrected chi connectivity index (χ4v) is 2.63. The molecule has 0 aliphatic heterocycles. The number of nitrogens with two attached hydrogens (primary N) is 1. The first kappa shape index (κ1) is 12.8. The lowest BCUT2D eigenvalue weighted by Crippen LogP contribution is -2.03. The molecule has 2 aromatic carbocycles. The van der Waals surface area contributed by atoms with Crippen molar-refractivity contribution < 1.29 is 4.79 Å². The Kier molecular flexibility index (Phi) is 2.99. The van der Waals surface area contributed by atoms with Gasteiger partial charge in [-0.2, -0.15) is 0 Å². The summed E-state index contributed by atoms with van der Waals surface area (Å²) in [4.78, 5) is 15.8. The third-order valence-electron chi connectivity index (χ3n) is 3.43. The maximum Gasteiger partial charge on any atom is 0.196 e. The number of aromatic amines is 1. The number of H-pyrrole nitrogens is 1.